The van der Waals surface area contributed by atoms with Gasteiger partial charge in [-0.05, 0) is 98.8 Å². The summed E-state index contributed by atoms with van der Waals surface area (Å²) in [6.07, 6.45) is 10.2. The number of aromatic amines is 1. The molecule has 0 radical (unpaired) electrons. The van der Waals surface area contributed by atoms with Crippen molar-refractivity contribution in [2.24, 2.45) is 4.99 Å². The fourth-order valence-electron chi connectivity index (χ4n) is 5.81. The lowest BCUT2D eigenvalue weighted by Gasteiger charge is -2.32. The highest BCUT2D eigenvalue weighted by atomic mass is 79.9. The number of nitrogens with one attached hydrogen (secondary N) is 1. The van der Waals surface area contributed by atoms with Gasteiger partial charge in [-0.25, -0.2) is 29.3 Å². The number of aliphatic imine (C=N–C) groups is 1. The van der Waals surface area contributed by atoms with E-state index in [1.165, 1.54) is 12.4 Å². The number of hydrogen-bond donors (Lipinski definition) is 3. The lowest BCUT2D eigenvalue weighted by atomic mass is 9.78. The fraction of sp³-hybridized carbons (Fsp3) is 0.243. The van der Waals surface area contributed by atoms with Crippen molar-refractivity contribution in [1.29, 1.82) is 0 Å². The lowest BCUT2D eigenvalue weighted by Crippen LogP contribution is -2.41. The molecular formula is C37H37BBrCl2N13O2. The molecule has 19 heteroatoms. The van der Waals surface area contributed by atoms with Crippen LogP contribution in [0.3, 0.4) is 0 Å². The minimum atomic E-state index is -0.373. The first kappa shape index (κ1) is 39.1. The van der Waals surface area contributed by atoms with Crippen LogP contribution >= 0.6 is 39.1 Å². The molecule has 2 aliphatic rings. The molecule has 1 saturated heterocycles. The van der Waals surface area contributed by atoms with Crippen LogP contribution in [0.1, 0.15) is 50.2 Å². The molecule has 2 aliphatic heterocycles. The van der Waals surface area contributed by atoms with E-state index in [-0.39, 0.29) is 18.3 Å². The maximum Gasteiger partial charge on any atom is 0.494 e. The number of aryl methyl sites for hydroxylation is 2. The number of nitrogen functional groups attached to an aromatic ring is 2. The van der Waals surface area contributed by atoms with E-state index in [0.717, 1.165) is 49.5 Å². The summed E-state index contributed by atoms with van der Waals surface area (Å²) in [5.41, 5.74) is 17.8. The number of nitrogens with two attached hydrogens (primary N) is 2. The van der Waals surface area contributed by atoms with Crippen molar-refractivity contribution in [2.75, 3.05) is 11.5 Å². The van der Waals surface area contributed by atoms with E-state index in [9.17, 15) is 0 Å². The number of aromatic nitrogens is 10. The maximum atomic E-state index is 6.32. The third-order valence-electron chi connectivity index (χ3n) is 9.41. The summed E-state index contributed by atoms with van der Waals surface area (Å²) in [4.78, 5) is 21.2. The zero-order valence-corrected chi connectivity index (χ0v) is 34.4. The van der Waals surface area contributed by atoms with Crippen LogP contribution in [0, 0.1) is 13.8 Å². The number of H-pyrrole nitrogens is 1. The Hall–Kier alpha value is -5.20. The smallest absolute Gasteiger partial charge is 0.399 e. The Bertz CT molecular complexity index is 2590. The Balaban J connectivity index is 0.000000133. The molecule has 0 bridgehead atoms. The molecule has 5 aromatic heterocycles. The van der Waals surface area contributed by atoms with E-state index in [1.54, 1.807) is 15.6 Å². The molecule has 0 saturated carbocycles. The maximum absolute atomic E-state index is 6.32. The van der Waals surface area contributed by atoms with Crippen LogP contribution in [-0.2, 0) is 15.9 Å². The van der Waals surface area contributed by atoms with Crippen LogP contribution < -0.4 is 16.9 Å². The SMILES string of the molecule is CC1(C)OB(c2cc(Cl)c3c(c2)C=NC3)OC1(C)C.Cc1ccn(-c2nc(N)cnc2-c2cc(Cl)c3[nH]ncc3c2)n1.Cc1ccn(-c2nc(N)cnc2Br)n1. The summed E-state index contributed by atoms with van der Waals surface area (Å²) in [7, 11) is -0.373. The zero-order valence-electron chi connectivity index (χ0n) is 31.3. The summed E-state index contributed by atoms with van der Waals surface area (Å²) in [5.74, 6) is 1.85. The van der Waals surface area contributed by atoms with E-state index in [0.29, 0.717) is 45.1 Å². The summed E-state index contributed by atoms with van der Waals surface area (Å²) in [6, 6.07) is 11.5. The molecule has 7 heterocycles. The second-order valence-electron chi connectivity index (χ2n) is 14.1. The normalized spacial score (nSPS) is 15.0. The van der Waals surface area contributed by atoms with Crippen molar-refractivity contribution in [3.05, 3.63) is 105 Å². The molecule has 56 heavy (non-hydrogen) atoms. The number of anilines is 2. The van der Waals surface area contributed by atoms with Crippen molar-refractivity contribution in [3.8, 4) is 22.9 Å². The van der Waals surface area contributed by atoms with Crippen LogP contribution in [0.5, 0.6) is 0 Å². The van der Waals surface area contributed by atoms with Gasteiger partial charge in [0.05, 0.1) is 58.3 Å². The van der Waals surface area contributed by atoms with Gasteiger partial charge in [-0.15, -0.1) is 0 Å². The highest BCUT2D eigenvalue weighted by Gasteiger charge is 2.51. The number of rotatable bonds is 4. The standard InChI is InChI=1S/C15H12ClN7.C14H17BClNO2.C8H8BrN5/c1-8-2-3-23(22-8)15-14(18-7-12(17)20-15)9-4-10-6-19-21-13(10)11(16)5-9;1-13(2)14(3,4)19-15(18-13)10-5-9-7-17-8-11(9)12(16)6-10;1-5-2-3-14(13-5)8-7(9)11-4-6(10)12-8/h2-7H,1H3,(H2,17,20)(H,19,21);5-7H,8H2,1-4H3;2-4H,1H3,(H2,10,12). The van der Waals surface area contributed by atoms with Crippen LogP contribution in [0.25, 0.3) is 33.8 Å². The molecule has 0 unspecified atom stereocenters. The van der Waals surface area contributed by atoms with Crippen LogP contribution in [-0.4, -0.2) is 74.2 Å². The van der Waals surface area contributed by atoms with E-state index >= 15 is 0 Å². The molecule has 7 aromatic rings. The number of halogens is 3. The van der Waals surface area contributed by atoms with Crippen molar-refractivity contribution >= 4 is 80.5 Å². The molecular weight excluding hydrogens is 820 g/mol. The van der Waals surface area contributed by atoms with Gasteiger partial charge in [0.15, 0.2) is 16.2 Å². The quantitative estimate of drug-likeness (QED) is 0.161. The Labute approximate surface area is 341 Å². The Kier molecular flexibility index (Phi) is 10.7. The lowest BCUT2D eigenvalue weighted by molar-refractivity contribution is 0.00578. The van der Waals surface area contributed by atoms with Gasteiger partial charge in [-0.3, -0.25) is 10.1 Å². The molecule has 0 spiro atoms. The molecule has 0 aliphatic carbocycles. The predicted octanol–water partition coefficient (Wildman–Crippen LogP) is 6.64. The first-order chi connectivity index (χ1) is 26.6. The van der Waals surface area contributed by atoms with E-state index < -0.39 is 0 Å². The topological polar surface area (TPSA) is 199 Å². The van der Waals surface area contributed by atoms with E-state index in [1.807, 2.05) is 90.5 Å². The average molecular weight is 857 g/mol. The fourth-order valence-corrected chi connectivity index (χ4v) is 6.74. The van der Waals surface area contributed by atoms with E-state index in [4.69, 9.17) is 44.0 Å². The minimum Gasteiger partial charge on any atom is -0.399 e. The molecule has 286 valence electrons. The summed E-state index contributed by atoms with van der Waals surface area (Å²) in [6.45, 7) is 12.7. The third kappa shape index (κ3) is 8.04. The number of hydrogen-bond acceptors (Lipinski definition) is 12. The largest absolute Gasteiger partial charge is 0.494 e. The van der Waals surface area contributed by atoms with Crippen molar-refractivity contribution < 1.29 is 9.31 Å². The van der Waals surface area contributed by atoms with Gasteiger partial charge in [0.2, 0.25) is 0 Å². The van der Waals surface area contributed by atoms with Gasteiger partial charge in [-0.1, -0.05) is 29.3 Å². The van der Waals surface area contributed by atoms with Crippen LogP contribution in [0.15, 0.2) is 77.0 Å². The molecule has 15 nitrogen and oxygen atoms in total. The summed E-state index contributed by atoms with van der Waals surface area (Å²) < 4.78 is 16.0. The summed E-state index contributed by atoms with van der Waals surface area (Å²) in [5, 5.41) is 17.7. The second-order valence-corrected chi connectivity index (χ2v) is 15.7. The first-order valence-corrected chi connectivity index (χ1v) is 18.9. The minimum absolute atomic E-state index is 0.326. The van der Waals surface area contributed by atoms with Gasteiger partial charge in [-0.2, -0.15) is 15.3 Å². The highest BCUT2D eigenvalue weighted by Crippen LogP contribution is 2.37. The number of fused-ring (bicyclic) bond motifs is 2. The van der Waals surface area contributed by atoms with Crippen LogP contribution in [0.2, 0.25) is 10.0 Å². The molecule has 0 amide bonds. The van der Waals surface area contributed by atoms with Gasteiger partial charge >= 0.3 is 7.12 Å². The average Bonchev–Trinajstić information content (AvgIpc) is 3.99. The van der Waals surface area contributed by atoms with Crippen LogP contribution in [0.4, 0.5) is 11.6 Å². The van der Waals surface area contributed by atoms with E-state index in [2.05, 4.69) is 67.3 Å². The van der Waals surface area contributed by atoms with Crippen molar-refractivity contribution in [1.82, 2.24) is 49.7 Å². The van der Waals surface area contributed by atoms with Gasteiger partial charge in [0, 0.05) is 40.1 Å². The third-order valence-corrected chi connectivity index (χ3v) is 10.6. The molecule has 1 fully saturated rings. The highest BCUT2D eigenvalue weighted by molar-refractivity contribution is 9.10. The zero-order chi connectivity index (χ0) is 39.9. The monoisotopic (exact) mass is 855 g/mol. The van der Waals surface area contributed by atoms with Gasteiger partial charge in [0.25, 0.3) is 0 Å². The second kappa shape index (κ2) is 15.4. The summed E-state index contributed by atoms with van der Waals surface area (Å²) >= 11 is 15.9. The Morgan fingerprint density at radius 1 is 0.821 bits per heavy atom. The number of nitrogens with zero attached hydrogens (tertiary/aromatic N) is 10. The Morgan fingerprint density at radius 2 is 1.45 bits per heavy atom. The Morgan fingerprint density at radius 3 is 2.09 bits per heavy atom. The van der Waals surface area contributed by atoms with Gasteiger partial charge < -0.3 is 20.8 Å². The van der Waals surface area contributed by atoms with Gasteiger partial charge in [0.1, 0.15) is 17.3 Å². The molecule has 0 atom stereocenters. The predicted molar refractivity (Wildman–Crippen MR) is 223 cm³/mol. The molecule has 5 N–H and O–H groups in total. The molecule has 2 aromatic carbocycles. The first-order valence-electron chi connectivity index (χ1n) is 17.3. The van der Waals surface area contributed by atoms with Crippen molar-refractivity contribution in [2.45, 2.75) is 59.3 Å². The molecule has 9 rings (SSSR count). The number of benzene rings is 2. The van der Waals surface area contributed by atoms with Crippen molar-refractivity contribution in [3.63, 3.8) is 0 Å².